The van der Waals surface area contributed by atoms with Crippen LogP contribution in [0.1, 0.15) is 22.8 Å². The van der Waals surface area contributed by atoms with Crippen molar-refractivity contribution in [3.05, 3.63) is 69.5 Å². The van der Waals surface area contributed by atoms with Gasteiger partial charge in [0.25, 0.3) is 0 Å². The smallest absolute Gasteiger partial charge is 0.408 e. The van der Waals surface area contributed by atoms with Crippen LogP contribution in [-0.2, 0) is 0 Å². The minimum Gasteiger partial charge on any atom is -0.408 e. The number of aromatic nitrogens is 1. The van der Waals surface area contributed by atoms with Gasteiger partial charge in [-0.05, 0) is 47.9 Å². The molecule has 0 aliphatic rings. The molecule has 2 aromatic carbocycles. The molecule has 3 rings (SSSR count). The van der Waals surface area contributed by atoms with Gasteiger partial charge in [-0.15, -0.1) is 0 Å². The standard InChI is InChI=1S/C15H12FNO3/c1-8-6-10(16)3-4-11(8)14(18)9-2-5-12-13(7-9)20-15(19)17-12/h2-7,14,18H,1H3,(H,17,19). The van der Waals surface area contributed by atoms with Crippen LogP contribution < -0.4 is 5.76 Å². The third kappa shape index (κ3) is 2.12. The zero-order valence-electron chi connectivity index (χ0n) is 10.7. The minimum absolute atomic E-state index is 0.342. The highest BCUT2D eigenvalue weighted by atomic mass is 19.1. The summed E-state index contributed by atoms with van der Waals surface area (Å²) in [6.07, 6.45) is -0.903. The van der Waals surface area contributed by atoms with E-state index in [4.69, 9.17) is 4.42 Å². The summed E-state index contributed by atoms with van der Waals surface area (Å²) in [7, 11) is 0. The van der Waals surface area contributed by atoms with Crippen LogP contribution in [0.25, 0.3) is 11.1 Å². The van der Waals surface area contributed by atoms with Gasteiger partial charge in [0.1, 0.15) is 11.9 Å². The number of nitrogens with one attached hydrogen (secondary N) is 1. The number of aliphatic hydroxyl groups excluding tert-OH is 1. The maximum absolute atomic E-state index is 13.1. The summed E-state index contributed by atoms with van der Waals surface area (Å²) in [5.74, 6) is -0.880. The molecule has 4 nitrogen and oxygen atoms in total. The second-order valence-corrected chi connectivity index (χ2v) is 4.67. The van der Waals surface area contributed by atoms with Crippen molar-refractivity contribution < 1.29 is 13.9 Å². The summed E-state index contributed by atoms with van der Waals surface area (Å²) in [6, 6.07) is 9.18. The number of halogens is 1. The molecule has 20 heavy (non-hydrogen) atoms. The largest absolute Gasteiger partial charge is 0.417 e. The van der Waals surface area contributed by atoms with Crippen LogP contribution in [0.4, 0.5) is 4.39 Å². The Hall–Kier alpha value is -2.40. The first-order valence-electron chi connectivity index (χ1n) is 6.11. The Kier molecular flexibility index (Phi) is 2.91. The Balaban J connectivity index is 2.06. The number of oxazole rings is 1. The van der Waals surface area contributed by atoms with Crippen molar-refractivity contribution in [2.24, 2.45) is 0 Å². The lowest BCUT2D eigenvalue weighted by Crippen LogP contribution is -2.02. The van der Waals surface area contributed by atoms with Gasteiger partial charge in [0, 0.05) is 0 Å². The van der Waals surface area contributed by atoms with Crippen molar-refractivity contribution in [2.75, 3.05) is 0 Å². The molecule has 3 aromatic rings. The Morgan fingerprint density at radius 2 is 2.05 bits per heavy atom. The molecule has 1 atom stereocenters. The fourth-order valence-corrected chi connectivity index (χ4v) is 2.26. The van der Waals surface area contributed by atoms with Gasteiger partial charge in [0.15, 0.2) is 5.58 Å². The minimum atomic E-state index is -0.903. The van der Waals surface area contributed by atoms with E-state index in [1.807, 2.05) is 0 Å². The number of rotatable bonds is 2. The van der Waals surface area contributed by atoms with Crippen LogP contribution in [0.2, 0.25) is 0 Å². The normalized spacial score (nSPS) is 12.8. The van der Waals surface area contributed by atoms with Crippen molar-refractivity contribution in [2.45, 2.75) is 13.0 Å². The first-order chi connectivity index (χ1) is 9.54. The van der Waals surface area contributed by atoms with Gasteiger partial charge in [-0.3, -0.25) is 4.98 Å². The number of benzene rings is 2. The van der Waals surface area contributed by atoms with Crippen molar-refractivity contribution in [3.63, 3.8) is 0 Å². The van der Waals surface area contributed by atoms with Crippen molar-refractivity contribution in [3.8, 4) is 0 Å². The predicted octanol–water partition coefficient (Wildman–Crippen LogP) is 2.65. The lowest BCUT2D eigenvalue weighted by Gasteiger charge is -2.14. The summed E-state index contributed by atoms with van der Waals surface area (Å²) >= 11 is 0. The average molecular weight is 273 g/mol. The molecule has 0 amide bonds. The molecule has 1 heterocycles. The highest BCUT2D eigenvalue weighted by Crippen LogP contribution is 2.27. The van der Waals surface area contributed by atoms with E-state index in [-0.39, 0.29) is 5.82 Å². The van der Waals surface area contributed by atoms with Crippen molar-refractivity contribution >= 4 is 11.1 Å². The van der Waals surface area contributed by atoms with Crippen LogP contribution in [0.3, 0.4) is 0 Å². The number of hydrogen-bond donors (Lipinski definition) is 2. The Morgan fingerprint density at radius 1 is 1.25 bits per heavy atom. The Labute approximate surface area is 113 Å². The van der Waals surface area contributed by atoms with Gasteiger partial charge in [0.05, 0.1) is 5.52 Å². The molecular formula is C15H12FNO3. The first kappa shape index (κ1) is 12.6. The lowest BCUT2D eigenvalue weighted by atomic mass is 9.97. The number of hydrogen-bond acceptors (Lipinski definition) is 3. The lowest BCUT2D eigenvalue weighted by molar-refractivity contribution is 0.219. The van der Waals surface area contributed by atoms with Gasteiger partial charge < -0.3 is 9.52 Å². The van der Waals surface area contributed by atoms with Crippen molar-refractivity contribution in [1.82, 2.24) is 4.98 Å². The van der Waals surface area contributed by atoms with E-state index in [1.54, 1.807) is 31.2 Å². The summed E-state index contributed by atoms with van der Waals surface area (Å²) in [4.78, 5) is 13.6. The number of H-pyrrole nitrogens is 1. The molecule has 0 saturated heterocycles. The third-order valence-electron chi connectivity index (χ3n) is 3.29. The molecule has 1 aromatic heterocycles. The van der Waals surface area contributed by atoms with E-state index in [9.17, 15) is 14.3 Å². The first-order valence-corrected chi connectivity index (χ1v) is 6.11. The zero-order chi connectivity index (χ0) is 14.3. The van der Waals surface area contributed by atoms with E-state index in [2.05, 4.69) is 4.98 Å². The SMILES string of the molecule is Cc1cc(F)ccc1C(O)c1ccc2[nH]c(=O)oc2c1. The van der Waals surface area contributed by atoms with Gasteiger partial charge in [-0.2, -0.15) is 0 Å². The molecule has 0 aliphatic heterocycles. The molecule has 0 bridgehead atoms. The number of fused-ring (bicyclic) bond motifs is 1. The van der Waals surface area contributed by atoms with Crippen LogP contribution >= 0.6 is 0 Å². The predicted molar refractivity (Wildman–Crippen MR) is 72.0 cm³/mol. The molecular weight excluding hydrogens is 261 g/mol. The average Bonchev–Trinajstić information content (AvgIpc) is 2.77. The summed E-state index contributed by atoms with van der Waals surface area (Å²) in [6.45, 7) is 1.73. The van der Waals surface area contributed by atoms with E-state index in [1.165, 1.54) is 12.1 Å². The van der Waals surface area contributed by atoms with Crippen molar-refractivity contribution in [1.29, 1.82) is 0 Å². The fourth-order valence-electron chi connectivity index (χ4n) is 2.26. The van der Waals surface area contributed by atoms with E-state index < -0.39 is 11.9 Å². The highest BCUT2D eigenvalue weighted by molar-refractivity contribution is 5.73. The monoisotopic (exact) mass is 273 g/mol. The number of aromatic amines is 1. The third-order valence-corrected chi connectivity index (χ3v) is 3.29. The number of aryl methyl sites for hydroxylation is 1. The maximum Gasteiger partial charge on any atom is 0.417 e. The quantitative estimate of drug-likeness (QED) is 0.754. The van der Waals surface area contributed by atoms with Gasteiger partial charge in [-0.25, -0.2) is 9.18 Å². The van der Waals surface area contributed by atoms with E-state index in [0.29, 0.717) is 27.8 Å². The van der Waals surface area contributed by atoms with Crippen LogP contribution in [-0.4, -0.2) is 10.1 Å². The van der Waals surface area contributed by atoms with Crippen LogP contribution in [0.15, 0.2) is 45.6 Å². The van der Waals surface area contributed by atoms with Gasteiger partial charge in [0.2, 0.25) is 0 Å². The Morgan fingerprint density at radius 3 is 2.80 bits per heavy atom. The number of aliphatic hydroxyl groups is 1. The summed E-state index contributed by atoms with van der Waals surface area (Å²) in [5, 5.41) is 10.4. The van der Waals surface area contributed by atoms with E-state index >= 15 is 0 Å². The van der Waals surface area contributed by atoms with Gasteiger partial charge in [-0.1, -0.05) is 12.1 Å². The Bertz CT molecular complexity index is 834. The topological polar surface area (TPSA) is 66.2 Å². The molecule has 2 N–H and O–H groups in total. The molecule has 0 aliphatic carbocycles. The van der Waals surface area contributed by atoms with Crippen LogP contribution in [0.5, 0.6) is 0 Å². The molecule has 102 valence electrons. The van der Waals surface area contributed by atoms with Gasteiger partial charge >= 0.3 is 5.76 Å². The molecule has 1 unspecified atom stereocenters. The second kappa shape index (κ2) is 4.61. The molecule has 0 spiro atoms. The molecule has 0 radical (unpaired) electrons. The molecule has 0 saturated carbocycles. The highest BCUT2D eigenvalue weighted by Gasteiger charge is 2.15. The molecule has 5 heteroatoms. The maximum atomic E-state index is 13.1. The molecule has 0 fully saturated rings. The van der Waals surface area contributed by atoms with Crippen LogP contribution in [0, 0.1) is 12.7 Å². The fraction of sp³-hybridized carbons (Fsp3) is 0.133. The second-order valence-electron chi connectivity index (χ2n) is 4.67. The van der Waals surface area contributed by atoms with E-state index in [0.717, 1.165) is 0 Å². The zero-order valence-corrected chi connectivity index (χ0v) is 10.7. The summed E-state index contributed by atoms with van der Waals surface area (Å²) < 4.78 is 18.1. The summed E-state index contributed by atoms with van der Waals surface area (Å²) in [5.41, 5.74) is 2.81.